The molecule has 0 atom stereocenters. The summed E-state index contributed by atoms with van der Waals surface area (Å²) in [5.41, 5.74) is 3.81. The van der Waals surface area contributed by atoms with Gasteiger partial charge >= 0.3 is 11.9 Å². The van der Waals surface area contributed by atoms with Gasteiger partial charge in [0.05, 0.1) is 49.7 Å². The Kier molecular flexibility index (Phi) is 11.3. The molecule has 4 aromatic carbocycles. The third-order valence-electron chi connectivity index (χ3n) is 7.22. The first-order chi connectivity index (χ1) is 22.3. The molecule has 4 aromatic rings. The molecule has 0 saturated heterocycles. The Labute approximate surface area is 275 Å². The van der Waals surface area contributed by atoms with E-state index in [0.717, 1.165) is 21.7 Å². The summed E-state index contributed by atoms with van der Waals surface area (Å²) in [6, 6.07) is 27.0. The van der Waals surface area contributed by atoms with Crippen molar-refractivity contribution in [3.63, 3.8) is 0 Å². The number of nitrogens with zero attached hydrogens (tertiary/aromatic N) is 2. The highest BCUT2D eigenvalue weighted by atomic mass is 32.2. The summed E-state index contributed by atoms with van der Waals surface area (Å²) in [5.74, 6) is -0.921. The lowest BCUT2D eigenvalue weighted by Crippen LogP contribution is -2.35. The predicted octanol–water partition coefficient (Wildman–Crippen LogP) is 4.84. The summed E-state index contributed by atoms with van der Waals surface area (Å²) in [6.07, 6.45) is 0.982. The van der Waals surface area contributed by atoms with E-state index >= 15 is 0 Å². The van der Waals surface area contributed by atoms with Gasteiger partial charge in [-0.05, 0) is 71.6 Å². The van der Waals surface area contributed by atoms with Crippen molar-refractivity contribution in [2.24, 2.45) is 0 Å². The summed E-state index contributed by atoms with van der Waals surface area (Å²) in [5, 5.41) is 0. The van der Waals surface area contributed by atoms with Crippen molar-refractivity contribution in [1.29, 1.82) is 0 Å². The van der Waals surface area contributed by atoms with Crippen molar-refractivity contribution < 1.29 is 40.6 Å². The van der Waals surface area contributed by atoms with E-state index in [-0.39, 0.29) is 24.6 Å². The van der Waals surface area contributed by atoms with Crippen LogP contribution in [0.3, 0.4) is 0 Å². The molecule has 47 heavy (non-hydrogen) atoms. The van der Waals surface area contributed by atoms with E-state index in [9.17, 15) is 26.4 Å². The van der Waals surface area contributed by atoms with Crippen LogP contribution in [-0.4, -0.2) is 55.8 Å². The number of methoxy groups -OCH3 is 2. The Morgan fingerprint density at radius 1 is 0.702 bits per heavy atom. The molecule has 4 rings (SSSR count). The Morgan fingerprint density at radius 3 is 1.89 bits per heavy atom. The van der Waals surface area contributed by atoms with Crippen LogP contribution >= 0.6 is 0 Å². The molecular formula is C34H36N2O9S2. The second kappa shape index (κ2) is 15.1. The van der Waals surface area contributed by atoms with Gasteiger partial charge < -0.3 is 14.2 Å². The van der Waals surface area contributed by atoms with Crippen LogP contribution in [0.2, 0.25) is 0 Å². The average Bonchev–Trinajstić information content (AvgIpc) is 3.05. The molecular weight excluding hydrogens is 645 g/mol. The van der Waals surface area contributed by atoms with Gasteiger partial charge in [-0.25, -0.2) is 21.6 Å². The molecule has 0 bridgehead atoms. The third kappa shape index (κ3) is 9.33. The number of hydrogen-bond donors (Lipinski definition) is 0. The largest absolute Gasteiger partial charge is 0.489 e. The van der Waals surface area contributed by atoms with E-state index in [0.29, 0.717) is 28.1 Å². The first kappa shape index (κ1) is 35.0. The minimum absolute atomic E-state index is 0.0504. The van der Waals surface area contributed by atoms with E-state index in [2.05, 4.69) is 4.74 Å². The van der Waals surface area contributed by atoms with Gasteiger partial charge in [0.25, 0.3) is 0 Å². The summed E-state index contributed by atoms with van der Waals surface area (Å²) in [4.78, 5) is 23.9. The number of carbonyl (C=O) groups is 2. The molecule has 0 aromatic heterocycles. The molecule has 248 valence electrons. The zero-order chi connectivity index (χ0) is 34.2. The number of sulfonamides is 2. The second-order valence-corrected chi connectivity index (χ2v) is 14.5. The second-order valence-electron chi connectivity index (χ2n) is 10.7. The molecule has 13 heteroatoms. The van der Waals surface area contributed by atoms with Gasteiger partial charge in [-0.15, -0.1) is 0 Å². The molecule has 0 aliphatic rings. The van der Waals surface area contributed by atoms with Crippen LogP contribution in [0.4, 0.5) is 11.4 Å². The quantitative estimate of drug-likeness (QED) is 0.172. The lowest BCUT2D eigenvalue weighted by atomic mass is 10.1. The molecule has 0 amide bonds. The van der Waals surface area contributed by atoms with Crippen molar-refractivity contribution in [3.05, 3.63) is 125 Å². The zero-order valence-electron chi connectivity index (χ0n) is 26.5. The maximum atomic E-state index is 13.8. The molecule has 0 radical (unpaired) electrons. The Hall–Kier alpha value is -4.88. The fourth-order valence-corrected chi connectivity index (χ4v) is 7.10. The number of ether oxygens (including phenoxy) is 3. The maximum Gasteiger partial charge on any atom is 0.338 e. The lowest BCUT2D eigenvalue weighted by molar-refractivity contribution is -0.138. The van der Waals surface area contributed by atoms with Crippen molar-refractivity contribution >= 4 is 43.4 Å². The minimum Gasteiger partial charge on any atom is -0.489 e. The van der Waals surface area contributed by atoms with E-state index in [1.165, 1.54) is 30.7 Å². The number of anilines is 2. The van der Waals surface area contributed by atoms with E-state index in [4.69, 9.17) is 9.47 Å². The number of esters is 2. The molecule has 0 unspecified atom stereocenters. The smallest absolute Gasteiger partial charge is 0.338 e. The van der Waals surface area contributed by atoms with Crippen LogP contribution in [0.15, 0.2) is 97.1 Å². The van der Waals surface area contributed by atoms with Gasteiger partial charge in [-0.1, -0.05) is 54.6 Å². The predicted molar refractivity (Wildman–Crippen MR) is 179 cm³/mol. The number of hydrogen-bond acceptors (Lipinski definition) is 9. The van der Waals surface area contributed by atoms with Crippen molar-refractivity contribution in [2.75, 3.05) is 35.6 Å². The van der Waals surface area contributed by atoms with Gasteiger partial charge in [0.1, 0.15) is 18.9 Å². The van der Waals surface area contributed by atoms with Gasteiger partial charge in [-0.3, -0.25) is 13.4 Å². The van der Waals surface area contributed by atoms with Crippen LogP contribution in [0.1, 0.15) is 32.6 Å². The fourth-order valence-electron chi connectivity index (χ4n) is 4.69. The molecule has 0 saturated carbocycles. The van der Waals surface area contributed by atoms with Crippen LogP contribution in [-0.2, 0) is 53.2 Å². The number of rotatable bonds is 14. The monoisotopic (exact) mass is 680 g/mol. The SMILES string of the molecule is COC(=O)CN(c1ccc(CN(c2ccc(OCc3ccc(C)c(C(=O)OC)c3)cc2)S(=O)(=O)Cc2ccccc2)cc1)S(C)(=O)=O. The Balaban J connectivity index is 1.59. The molecule has 0 spiro atoms. The van der Waals surface area contributed by atoms with Crippen molar-refractivity contribution in [1.82, 2.24) is 0 Å². The van der Waals surface area contributed by atoms with E-state index in [1.54, 1.807) is 72.8 Å². The summed E-state index contributed by atoms with van der Waals surface area (Å²) < 4.78 is 70.0. The van der Waals surface area contributed by atoms with Gasteiger partial charge in [0, 0.05) is 0 Å². The van der Waals surface area contributed by atoms with Crippen molar-refractivity contribution in [3.8, 4) is 5.75 Å². The van der Waals surface area contributed by atoms with Gasteiger partial charge in [0.2, 0.25) is 20.0 Å². The summed E-state index contributed by atoms with van der Waals surface area (Å²) in [6.45, 7) is 1.44. The third-order valence-corrected chi connectivity index (χ3v) is 10.1. The molecule has 0 N–H and O–H groups in total. The number of benzene rings is 4. The minimum atomic E-state index is -3.90. The fraction of sp³-hybridized carbons (Fsp3) is 0.235. The van der Waals surface area contributed by atoms with E-state index < -0.39 is 38.5 Å². The lowest BCUT2D eigenvalue weighted by Gasteiger charge is -2.26. The normalized spacial score (nSPS) is 11.4. The summed E-state index contributed by atoms with van der Waals surface area (Å²) in [7, 11) is -5.21. The first-order valence-corrected chi connectivity index (χ1v) is 17.8. The van der Waals surface area contributed by atoms with Crippen LogP contribution < -0.4 is 13.3 Å². The topological polar surface area (TPSA) is 137 Å². The van der Waals surface area contributed by atoms with Gasteiger partial charge in [0.15, 0.2) is 0 Å². The van der Waals surface area contributed by atoms with Crippen LogP contribution in [0, 0.1) is 6.92 Å². The molecule has 0 fully saturated rings. The van der Waals surface area contributed by atoms with Crippen LogP contribution in [0.25, 0.3) is 0 Å². The number of aryl methyl sites for hydroxylation is 1. The molecule has 0 aliphatic heterocycles. The molecule has 0 aliphatic carbocycles. The maximum absolute atomic E-state index is 13.8. The van der Waals surface area contributed by atoms with Crippen molar-refractivity contribution in [2.45, 2.75) is 25.8 Å². The zero-order valence-corrected chi connectivity index (χ0v) is 28.1. The molecule has 11 nitrogen and oxygen atoms in total. The first-order valence-electron chi connectivity index (χ1n) is 14.4. The Morgan fingerprint density at radius 2 is 1.30 bits per heavy atom. The van der Waals surface area contributed by atoms with Crippen LogP contribution in [0.5, 0.6) is 5.75 Å². The highest BCUT2D eigenvalue weighted by molar-refractivity contribution is 7.92. The average molecular weight is 681 g/mol. The van der Waals surface area contributed by atoms with E-state index in [1.807, 2.05) is 19.1 Å². The standard InChI is InChI=1S/C34H36N2O9S2/c1-25-10-11-28(20-32(25)34(38)44-3)23-45-31-18-16-30(17-19-31)36(47(41,42)24-27-8-6-5-7-9-27)21-26-12-14-29(15-13-26)35(46(4,39)40)22-33(37)43-2/h5-20H,21-24H2,1-4H3. The Bertz CT molecular complexity index is 1910. The van der Waals surface area contributed by atoms with Gasteiger partial charge in [-0.2, -0.15) is 0 Å². The number of carbonyl (C=O) groups excluding carboxylic acids is 2. The summed E-state index contributed by atoms with van der Waals surface area (Å²) >= 11 is 0. The highest BCUT2D eigenvalue weighted by Gasteiger charge is 2.25. The molecule has 0 heterocycles. The highest BCUT2D eigenvalue weighted by Crippen LogP contribution is 2.28.